The van der Waals surface area contributed by atoms with Crippen molar-refractivity contribution in [2.24, 2.45) is 18.9 Å². The molecule has 2 aromatic rings. The number of rotatable bonds is 3. The summed E-state index contributed by atoms with van der Waals surface area (Å²) < 4.78 is 1.99. The molecule has 0 bridgehead atoms. The van der Waals surface area contributed by atoms with E-state index in [1.807, 2.05) is 55.9 Å². The molecule has 0 N–H and O–H groups in total. The van der Waals surface area contributed by atoms with Crippen LogP contribution in [0.5, 0.6) is 0 Å². The van der Waals surface area contributed by atoms with E-state index in [4.69, 9.17) is 0 Å². The maximum Gasteiger partial charge on any atom is 0.244 e. The SMILES string of the molecule is CC(C)C(C#N)C(=O)N(C)c1cn(C)c2ccccc12. The van der Waals surface area contributed by atoms with Gasteiger partial charge in [-0.05, 0) is 12.0 Å². The molecule has 4 heteroatoms. The largest absolute Gasteiger partial charge is 0.348 e. The van der Waals surface area contributed by atoms with Crippen molar-refractivity contribution in [1.29, 1.82) is 5.26 Å². The number of aromatic nitrogens is 1. The average Bonchev–Trinajstić information content (AvgIpc) is 2.76. The molecule has 20 heavy (non-hydrogen) atoms. The lowest BCUT2D eigenvalue weighted by atomic mass is 9.96. The smallest absolute Gasteiger partial charge is 0.244 e. The van der Waals surface area contributed by atoms with Gasteiger partial charge in [0.05, 0.1) is 11.8 Å². The predicted octanol–water partition coefficient (Wildman–Crippen LogP) is 2.94. The highest BCUT2D eigenvalue weighted by Gasteiger charge is 2.27. The highest BCUT2D eigenvalue weighted by Crippen LogP contribution is 2.29. The lowest BCUT2D eigenvalue weighted by molar-refractivity contribution is -0.121. The Morgan fingerprint density at radius 1 is 1.35 bits per heavy atom. The first kappa shape index (κ1) is 14.1. The molecular weight excluding hydrogens is 250 g/mol. The number of aryl methyl sites for hydroxylation is 1. The average molecular weight is 269 g/mol. The molecular formula is C16H19N3O. The number of anilines is 1. The molecule has 1 aromatic carbocycles. The van der Waals surface area contributed by atoms with E-state index in [9.17, 15) is 10.1 Å². The van der Waals surface area contributed by atoms with Crippen LogP contribution in [0.15, 0.2) is 30.5 Å². The molecule has 0 aliphatic carbocycles. The summed E-state index contributed by atoms with van der Waals surface area (Å²) in [5.41, 5.74) is 1.91. The molecule has 104 valence electrons. The van der Waals surface area contributed by atoms with Gasteiger partial charge in [0.2, 0.25) is 5.91 Å². The van der Waals surface area contributed by atoms with Crippen LogP contribution in [-0.2, 0) is 11.8 Å². The third-order valence-electron chi connectivity index (χ3n) is 3.64. The molecule has 0 saturated carbocycles. The number of carbonyl (C=O) groups is 1. The lowest BCUT2D eigenvalue weighted by Crippen LogP contribution is -2.34. The molecule has 0 fully saturated rings. The summed E-state index contributed by atoms with van der Waals surface area (Å²) in [6.07, 6.45) is 1.93. The van der Waals surface area contributed by atoms with E-state index in [1.54, 1.807) is 11.9 Å². The van der Waals surface area contributed by atoms with Crippen LogP contribution in [-0.4, -0.2) is 17.5 Å². The number of nitrogens with zero attached hydrogens (tertiary/aromatic N) is 3. The minimum Gasteiger partial charge on any atom is -0.348 e. The molecule has 1 unspecified atom stereocenters. The molecule has 0 aliphatic rings. The summed E-state index contributed by atoms with van der Waals surface area (Å²) in [4.78, 5) is 14.1. The summed E-state index contributed by atoms with van der Waals surface area (Å²) in [6.45, 7) is 3.78. The van der Waals surface area contributed by atoms with Crippen molar-refractivity contribution in [2.75, 3.05) is 11.9 Å². The van der Waals surface area contributed by atoms with Gasteiger partial charge in [0, 0.05) is 31.2 Å². The maximum atomic E-state index is 12.5. The lowest BCUT2D eigenvalue weighted by Gasteiger charge is -2.21. The van der Waals surface area contributed by atoms with E-state index in [1.165, 1.54) is 0 Å². The summed E-state index contributed by atoms with van der Waals surface area (Å²) in [7, 11) is 3.69. The first-order chi connectivity index (χ1) is 9.47. The number of para-hydroxylation sites is 1. The van der Waals surface area contributed by atoms with Crippen LogP contribution in [0.4, 0.5) is 5.69 Å². The Balaban J connectivity index is 2.44. The summed E-state index contributed by atoms with van der Waals surface area (Å²) in [6, 6.07) is 10.0. The van der Waals surface area contributed by atoms with Crippen molar-refractivity contribution in [1.82, 2.24) is 4.57 Å². The second-order valence-electron chi connectivity index (χ2n) is 5.39. The zero-order valence-electron chi connectivity index (χ0n) is 12.3. The van der Waals surface area contributed by atoms with Gasteiger partial charge in [0.1, 0.15) is 5.92 Å². The Morgan fingerprint density at radius 2 is 2.00 bits per heavy atom. The van der Waals surface area contributed by atoms with E-state index in [0.29, 0.717) is 0 Å². The first-order valence-electron chi connectivity index (χ1n) is 6.68. The van der Waals surface area contributed by atoms with Crippen molar-refractivity contribution in [3.8, 4) is 6.07 Å². The summed E-state index contributed by atoms with van der Waals surface area (Å²) >= 11 is 0. The zero-order valence-corrected chi connectivity index (χ0v) is 12.3. The van der Waals surface area contributed by atoms with Gasteiger partial charge in [-0.3, -0.25) is 4.79 Å². The van der Waals surface area contributed by atoms with Crippen LogP contribution in [0.3, 0.4) is 0 Å². The Kier molecular flexibility index (Phi) is 3.80. The molecule has 1 aromatic heterocycles. The van der Waals surface area contributed by atoms with Crippen molar-refractivity contribution in [3.05, 3.63) is 30.5 Å². The third-order valence-corrected chi connectivity index (χ3v) is 3.64. The van der Waals surface area contributed by atoms with Gasteiger partial charge in [-0.15, -0.1) is 0 Å². The van der Waals surface area contributed by atoms with Gasteiger partial charge in [0.15, 0.2) is 0 Å². The highest BCUT2D eigenvalue weighted by molar-refractivity contribution is 6.04. The number of nitriles is 1. The Labute approximate surface area is 119 Å². The van der Waals surface area contributed by atoms with Crippen LogP contribution in [0.2, 0.25) is 0 Å². The third kappa shape index (κ3) is 2.27. The van der Waals surface area contributed by atoms with Gasteiger partial charge in [-0.1, -0.05) is 32.0 Å². The quantitative estimate of drug-likeness (QED) is 0.860. The zero-order chi connectivity index (χ0) is 14.9. The van der Waals surface area contributed by atoms with E-state index < -0.39 is 5.92 Å². The number of hydrogen-bond acceptors (Lipinski definition) is 2. The monoisotopic (exact) mass is 269 g/mol. The number of hydrogen-bond donors (Lipinski definition) is 0. The molecule has 0 spiro atoms. The molecule has 1 amide bonds. The molecule has 2 rings (SSSR count). The van der Waals surface area contributed by atoms with Gasteiger partial charge >= 0.3 is 0 Å². The normalized spacial score (nSPS) is 12.4. The Morgan fingerprint density at radius 3 is 2.60 bits per heavy atom. The van der Waals surface area contributed by atoms with Gasteiger partial charge in [0.25, 0.3) is 0 Å². The Bertz CT molecular complexity index is 679. The summed E-state index contributed by atoms with van der Waals surface area (Å²) in [5, 5.41) is 10.2. The van der Waals surface area contributed by atoms with E-state index in [0.717, 1.165) is 16.6 Å². The van der Waals surface area contributed by atoms with Crippen LogP contribution < -0.4 is 4.90 Å². The maximum absolute atomic E-state index is 12.5. The van der Waals surface area contributed by atoms with Gasteiger partial charge in [-0.2, -0.15) is 5.26 Å². The van der Waals surface area contributed by atoms with Crippen molar-refractivity contribution in [2.45, 2.75) is 13.8 Å². The molecule has 1 atom stereocenters. The van der Waals surface area contributed by atoms with Crippen LogP contribution in [0, 0.1) is 23.2 Å². The first-order valence-corrected chi connectivity index (χ1v) is 6.68. The van der Waals surface area contributed by atoms with E-state index in [-0.39, 0.29) is 11.8 Å². The van der Waals surface area contributed by atoms with Crippen LogP contribution in [0.25, 0.3) is 10.9 Å². The minimum absolute atomic E-state index is 0.00456. The fourth-order valence-corrected chi connectivity index (χ4v) is 2.40. The second kappa shape index (κ2) is 5.38. The molecule has 0 saturated heterocycles. The van der Waals surface area contributed by atoms with E-state index in [2.05, 4.69) is 6.07 Å². The number of fused-ring (bicyclic) bond motifs is 1. The molecule has 1 heterocycles. The van der Waals surface area contributed by atoms with Crippen molar-refractivity contribution < 1.29 is 4.79 Å². The highest BCUT2D eigenvalue weighted by atomic mass is 16.2. The van der Waals surface area contributed by atoms with Crippen molar-refractivity contribution >= 4 is 22.5 Å². The fourth-order valence-electron chi connectivity index (χ4n) is 2.40. The minimum atomic E-state index is -0.612. The Hall–Kier alpha value is -2.28. The molecule has 0 aliphatic heterocycles. The second-order valence-corrected chi connectivity index (χ2v) is 5.39. The topological polar surface area (TPSA) is 49.0 Å². The molecule has 0 radical (unpaired) electrons. The van der Waals surface area contributed by atoms with Crippen LogP contribution >= 0.6 is 0 Å². The van der Waals surface area contributed by atoms with Crippen LogP contribution in [0.1, 0.15) is 13.8 Å². The number of benzene rings is 1. The molecule has 4 nitrogen and oxygen atoms in total. The number of carbonyl (C=O) groups excluding carboxylic acids is 1. The van der Waals surface area contributed by atoms with Gasteiger partial charge < -0.3 is 9.47 Å². The van der Waals surface area contributed by atoms with E-state index >= 15 is 0 Å². The predicted molar refractivity (Wildman–Crippen MR) is 80.3 cm³/mol. The number of amides is 1. The summed E-state index contributed by atoms with van der Waals surface area (Å²) in [5.74, 6) is -0.761. The standard InChI is InChI=1S/C16H19N3O/c1-11(2)13(9-17)16(20)19(4)15-10-18(3)14-8-6-5-7-12(14)15/h5-8,10-11,13H,1-4H3. The fraction of sp³-hybridized carbons (Fsp3) is 0.375. The van der Waals surface area contributed by atoms with Gasteiger partial charge in [-0.25, -0.2) is 0 Å². The van der Waals surface area contributed by atoms with Crippen molar-refractivity contribution in [3.63, 3.8) is 0 Å².